The number of benzene rings is 2. The van der Waals surface area contributed by atoms with E-state index in [4.69, 9.17) is 11.6 Å². The van der Waals surface area contributed by atoms with E-state index in [1.54, 1.807) is 30.3 Å². The van der Waals surface area contributed by atoms with Crippen LogP contribution in [0.15, 0.2) is 53.6 Å². The molecule has 2 aromatic heterocycles. The van der Waals surface area contributed by atoms with Crippen molar-refractivity contribution in [1.29, 1.82) is 0 Å². The van der Waals surface area contributed by atoms with Crippen LogP contribution in [0.5, 0.6) is 0 Å². The summed E-state index contributed by atoms with van der Waals surface area (Å²) < 4.78 is 2.59. The summed E-state index contributed by atoms with van der Waals surface area (Å²) >= 11 is 7.55. The summed E-state index contributed by atoms with van der Waals surface area (Å²) in [7, 11) is 0. The van der Waals surface area contributed by atoms with Crippen molar-refractivity contribution in [2.75, 3.05) is 5.32 Å². The monoisotopic (exact) mass is 411 g/mol. The quantitative estimate of drug-likeness (QED) is 0.512. The van der Waals surface area contributed by atoms with Crippen molar-refractivity contribution in [3.05, 3.63) is 69.7 Å². The maximum absolute atomic E-state index is 12.8. The van der Waals surface area contributed by atoms with E-state index < -0.39 is 0 Å². The van der Waals surface area contributed by atoms with Crippen molar-refractivity contribution in [1.82, 2.24) is 9.55 Å². The van der Waals surface area contributed by atoms with Gasteiger partial charge in [0, 0.05) is 21.3 Å². The Hall–Kier alpha value is -3.03. The molecule has 28 heavy (non-hydrogen) atoms. The van der Waals surface area contributed by atoms with Crippen molar-refractivity contribution in [2.24, 2.45) is 0 Å². The Balaban J connectivity index is 1.64. The van der Waals surface area contributed by atoms with Gasteiger partial charge in [-0.3, -0.25) is 19.0 Å². The standard InChI is InChI=1S/C20H14ClN3O3S/c1-11(25)12-4-2-5-13(8-12)23-16(26)9-24-10-22-18-17-14(21)6-3-7-15(17)28-19(18)20(24)27/h2-8,10H,9H2,1H3,(H,23,26). The van der Waals surface area contributed by atoms with Crippen molar-refractivity contribution in [3.8, 4) is 0 Å². The highest BCUT2D eigenvalue weighted by Crippen LogP contribution is 2.34. The van der Waals surface area contributed by atoms with Gasteiger partial charge in [-0.2, -0.15) is 0 Å². The van der Waals surface area contributed by atoms with Crippen LogP contribution in [0.3, 0.4) is 0 Å². The lowest BCUT2D eigenvalue weighted by Gasteiger charge is -2.08. The first kappa shape index (κ1) is 18.3. The van der Waals surface area contributed by atoms with Gasteiger partial charge in [-0.05, 0) is 31.2 Å². The molecule has 1 amide bonds. The van der Waals surface area contributed by atoms with E-state index in [9.17, 15) is 14.4 Å². The number of nitrogens with one attached hydrogen (secondary N) is 1. The first-order valence-electron chi connectivity index (χ1n) is 8.41. The maximum Gasteiger partial charge on any atom is 0.271 e. The highest BCUT2D eigenvalue weighted by Gasteiger charge is 2.15. The first-order valence-corrected chi connectivity index (χ1v) is 9.60. The molecule has 0 fully saturated rings. The summed E-state index contributed by atoms with van der Waals surface area (Å²) in [6.07, 6.45) is 1.35. The minimum absolute atomic E-state index is 0.0922. The number of fused-ring (bicyclic) bond motifs is 3. The number of anilines is 1. The summed E-state index contributed by atoms with van der Waals surface area (Å²) in [6.45, 7) is 1.27. The zero-order valence-corrected chi connectivity index (χ0v) is 16.3. The third-order valence-corrected chi connectivity index (χ3v) is 5.73. The molecule has 0 saturated heterocycles. The second-order valence-corrected chi connectivity index (χ2v) is 7.71. The normalized spacial score (nSPS) is 11.1. The number of halogens is 1. The predicted molar refractivity (Wildman–Crippen MR) is 111 cm³/mol. The minimum atomic E-state index is -0.386. The number of hydrogen-bond donors (Lipinski definition) is 1. The molecule has 2 aromatic carbocycles. The number of amides is 1. The third kappa shape index (κ3) is 3.30. The summed E-state index contributed by atoms with van der Waals surface area (Å²) in [5, 5.41) is 3.99. The molecule has 0 atom stereocenters. The molecule has 0 bridgehead atoms. The summed E-state index contributed by atoms with van der Waals surface area (Å²) in [6, 6.07) is 12.1. The van der Waals surface area contributed by atoms with Gasteiger partial charge < -0.3 is 5.32 Å². The zero-order valence-electron chi connectivity index (χ0n) is 14.7. The molecule has 8 heteroatoms. The SMILES string of the molecule is CC(=O)c1cccc(NC(=O)Cn2cnc3c(sc4cccc(Cl)c43)c2=O)c1. The number of aromatic nitrogens is 2. The molecule has 6 nitrogen and oxygen atoms in total. The van der Waals surface area contributed by atoms with E-state index in [1.807, 2.05) is 12.1 Å². The Morgan fingerprint density at radius 3 is 2.79 bits per heavy atom. The molecule has 1 N–H and O–H groups in total. The number of nitrogens with zero attached hydrogens (tertiary/aromatic N) is 2. The second kappa shape index (κ2) is 7.18. The number of thiophene rings is 1. The van der Waals surface area contributed by atoms with E-state index in [1.165, 1.54) is 29.2 Å². The van der Waals surface area contributed by atoms with Crippen LogP contribution in [0, 0.1) is 0 Å². The molecule has 0 spiro atoms. The molecule has 2 heterocycles. The molecule has 4 aromatic rings. The van der Waals surface area contributed by atoms with Crippen LogP contribution in [-0.2, 0) is 11.3 Å². The largest absolute Gasteiger partial charge is 0.325 e. The number of ketones is 1. The van der Waals surface area contributed by atoms with Crippen molar-refractivity contribution in [2.45, 2.75) is 13.5 Å². The molecule has 4 rings (SSSR count). The van der Waals surface area contributed by atoms with E-state index >= 15 is 0 Å². The van der Waals surface area contributed by atoms with Gasteiger partial charge in [-0.1, -0.05) is 29.8 Å². The van der Waals surface area contributed by atoms with Crippen LogP contribution < -0.4 is 10.9 Å². The Morgan fingerprint density at radius 2 is 2.00 bits per heavy atom. The number of rotatable bonds is 4. The number of Topliss-reactive ketones (excluding diaryl/α,β-unsaturated/α-hetero) is 1. The van der Waals surface area contributed by atoms with Gasteiger partial charge in [0.2, 0.25) is 5.91 Å². The summed E-state index contributed by atoms with van der Waals surface area (Å²) in [5.74, 6) is -0.478. The molecule has 0 aliphatic heterocycles. The Kier molecular flexibility index (Phi) is 4.70. The van der Waals surface area contributed by atoms with E-state index in [0.29, 0.717) is 26.5 Å². The topological polar surface area (TPSA) is 81.1 Å². The van der Waals surface area contributed by atoms with Crippen molar-refractivity contribution in [3.63, 3.8) is 0 Å². The third-order valence-electron chi connectivity index (χ3n) is 4.29. The maximum atomic E-state index is 12.8. The van der Waals surface area contributed by atoms with Gasteiger partial charge in [-0.15, -0.1) is 11.3 Å². The van der Waals surface area contributed by atoms with E-state index in [2.05, 4.69) is 10.3 Å². The molecule has 0 radical (unpaired) electrons. The molecule has 0 saturated carbocycles. The number of carbonyl (C=O) groups is 2. The Labute approximate surface area is 168 Å². The highest BCUT2D eigenvalue weighted by atomic mass is 35.5. The van der Waals surface area contributed by atoms with Crippen LogP contribution in [0.1, 0.15) is 17.3 Å². The molecule has 0 unspecified atom stereocenters. The average Bonchev–Trinajstić information content (AvgIpc) is 3.05. The molecule has 0 aliphatic carbocycles. The van der Waals surface area contributed by atoms with Gasteiger partial charge in [0.1, 0.15) is 11.2 Å². The van der Waals surface area contributed by atoms with Crippen LogP contribution in [-0.4, -0.2) is 21.2 Å². The lowest BCUT2D eigenvalue weighted by molar-refractivity contribution is -0.116. The fourth-order valence-electron chi connectivity index (χ4n) is 2.95. The predicted octanol–water partition coefficient (Wildman–Crippen LogP) is 4.11. The first-order chi connectivity index (χ1) is 13.4. The summed E-state index contributed by atoms with van der Waals surface area (Å²) in [4.78, 5) is 41.0. The van der Waals surface area contributed by atoms with Gasteiger partial charge in [-0.25, -0.2) is 4.98 Å². The van der Waals surface area contributed by atoms with Gasteiger partial charge in [0.25, 0.3) is 5.56 Å². The molecule has 140 valence electrons. The fourth-order valence-corrected chi connectivity index (χ4v) is 4.40. The Morgan fingerprint density at radius 1 is 1.21 bits per heavy atom. The van der Waals surface area contributed by atoms with Gasteiger partial charge >= 0.3 is 0 Å². The molecule has 0 aliphatic rings. The van der Waals surface area contributed by atoms with Crippen LogP contribution in [0.4, 0.5) is 5.69 Å². The number of hydrogen-bond acceptors (Lipinski definition) is 5. The van der Waals surface area contributed by atoms with Crippen molar-refractivity contribution < 1.29 is 9.59 Å². The lowest BCUT2D eigenvalue weighted by Crippen LogP contribution is -2.27. The van der Waals surface area contributed by atoms with Crippen LogP contribution in [0.2, 0.25) is 5.02 Å². The highest BCUT2D eigenvalue weighted by molar-refractivity contribution is 7.25. The van der Waals surface area contributed by atoms with Gasteiger partial charge in [0.05, 0.1) is 16.9 Å². The molecular formula is C20H14ClN3O3S. The second-order valence-electron chi connectivity index (χ2n) is 6.26. The van der Waals surface area contributed by atoms with E-state index in [0.717, 1.165) is 10.1 Å². The van der Waals surface area contributed by atoms with Crippen LogP contribution in [0.25, 0.3) is 20.3 Å². The van der Waals surface area contributed by atoms with Crippen molar-refractivity contribution >= 4 is 60.6 Å². The fraction of sp³-hybridized carbons (Fsp3) is 0.100. The smallest absolute Gasteiger partial charge is 0.271 e. The zero-order chi connectivity index (χ0) is 19.8. The van der Waals surface area contributed by atoms with Gasteiger partial charge in [0.15, 0.2) is 5.78 Å². The molecular weight excluding hydrogens is 398 g/mol. The summed E-state index contributed by atoms with van der Waals surface area (Å²) in [5.41, 5.74) is 1.24. The minimum Gasteiger partial charge on any atom is -0.325 e. The van der Waals surface area contributed by atoms with E-state index in [-0.39, 0.29) is 23.8 Å². The number of carbonyl (C=O) groups excluding carboxylic acids is 2. The van der Waals surface area contributed by atoms with Crippen LogP contribution >= 0.6 is 22.9 Å². The Bertz CT molecular complexity index is 1310. The average molecular weight is 412 g/mol. The lowest BCUT2D eigenvalue weighted by atomic mass is 10.1.